The first-order valence-electron chi connectivity index (χ1n) is 9.93. The Hall–Kier alpha value is -3.17. The van der Waals surface area contributed by atoms with Crippen LogP contribution in [0.4, 0.5) is 5.82 Å². The molecule has 1 aromatic carbocycles. The van der Waals surface area contributed by atoms with Crippen molar-refractivity contribution in [2.24, 2.45) is 0 Å². The van der Waals surface area contributed by atoms with Gasteiger partial charge in [-0.2, -0.15) is 9.61 Å². The molecule has 0 radical (unpaired) electrons. The summed E-state index contributed by atoms with van der Waals surface area (Å²) in [5, 5.41) is 17.2. The Labute approximate surface area is 184 Å². The maximum atomic E-state index is 12.9. The van der Waals surface area contributed by atoms with E-state index in [1.54, 1.807) is 18.2 Å². The Bertz CT molecular complexity index is 1130. The first-order chi connectivity index (χ1) is 14.8. The van der Waals surface area contributed by atoms with Crippen LogP contribution < -0.4 is 10.2 Å². The number of amides is 1. The molecule has 0 bridgehead atoms. The zero-order valence-electron chi connectivity index (χ0n) is 17.2. The van der Waals surface area contributed by atoms with Crippen LogP contribution in [0.1, 0.15) is 33.3 Å². The highest BCUT2D eigenvalue weighted by atomic mass is 35.5. The number of anilines is 1. The number of fused-ring (bicyclic) bond motifs is 1. The minimum Gasteiger partial charge on any atom is -0.477 e. The molecule has 1 fully saturated rings. The van der Waals surface area contributed by atoms with E-state index in [0.717, 1.165) is 25.2 Å². The van der Waals surface area contributed by atoms with Crippen LogP contribution in [0.25, 0.3) is 5.65 Å². The molecule has 0 unspecified atom stereocenters. The number of carboxylic acids is 1. The molecule has 1 aliphatic heterocycles. The second-order valence-electron chi connectivity index (χ2n) is 7.71. The van der Waals surface area contributed by atoms with Gasteiger partial charge in [0.1, 0.15) is 17.1 Å². The van der Waals surface area contributed by atoms with Crippen molar-refractivity contribution in [3.63, 3.8) is 0 Å². The number of likely N-dealkylation sites (N-methyl/N-ethyl adjacent to an activating group) is 1. The van der Waals surface area contributed by atoms with E-state index < -0.39 is 11.9 Å². The number of aromatic carboxylic acids is 1. The average molecular weight is 443 g/mol. The van der Waals surface area contributed by atoms with Gasteiger partial charge in [-0.15, -0.1) is 0 Å². The van der Waals surface area contributed by atoms with Crippen molar-refractivity contribution >= 4 is 34.9 Å². The largest absolute Gasteiger partial charge is 0.477 e. The number of carbonyl (C=O) groups excluding carboxylic acids is 1. The second kappa shape index (κ2) is 8.52. The number of hydrogen-bond donors (Lipinski definition) is 2. The first kappa shape index (κ1) is 21.1. The molecule has 1 aliphatic rings. The minimum absolute atomic E-state index is 0.0459. The van der Waals surface area contributed by atoms with E-state index >= 15 is 0 Å². The third-order valence-corrected chi connectivity index (χ3v) is 5.66. The molecule has 2 N–H and O–H groups in total. The summed E-state index contributed by atoms with van der Waals surface area (Å²) in [5.74, 6) is -0.883. The van der Waals surface area contributed by atoms with Crippen molar-refractivity contribution in [3.8, 4) is 0 Å². The summed E-state index contributed by atoms with van der Waals surface area (Å²) in [7, 11) is 2.06. The number of rotatable bonds is 5. The van der Waals surface area contributed by atoms with Crippen molar-refractivity contribution < 1.29 is 14.7 Å². The van der Waals surface area contributed by atoms with E-state index in [2.05, 4.69) is 39.2 Å². The maximum Gasteiger partial charge on any atom is 0.341 e. The highest BCUT2D eigenvalue weighted by molar-refractivity contribution is 6.30. The van der Waals surface area contributed by atoms with Gasteiger partial charge in [0.05, 0.1) is 6.20 Å². The number of carboxylic acid groups (broad SMARTS) is 1. The van der Waals surface area contributed by atoms with Crippen molar-refractivity contribution in [2.75, 3.05) is 31.6 Å². The van der Waals surface area contributed by atoms with E-state index in [1.807, 2.05) is 12.1 Å². The van der Waals surface area contributed by atoms with Gasteiger partial charge in [-0.1, -0.05) is 23.7 Å². The van der Waals surface area contributed by atoms with E-state index in [9.17, 15) is 14.7 Å². The molecule has 4 rings (SSSR count). The Balaban J connectivity index is 1.69. The van der Waals surface area contributed by atoms with Crippen LogP contribution in [0.15, 0.2) is 36.5 Å². The van der Waals surface area contributed by atoms with Crippen LogP contribution in [-0.4, -0.2) is 69.2 Å². The van der Waals surface area contributed by atoms with E-state index in [-0.39, 0.29) is 22.9 Å². The molecule has 3 aromatic rings. The van der Waals surface area contributed by atoms with Crippen molar-refractivity contribution in [3.05, 3.63) is 58.4 Å². The van der Waals surface area contributed by atoms with Crippen molar-refractivity contribution in [1.82, 2.24) is 24.8 Å². The van der Waals surface area contributed by atoms with Gasteiger partial charge in [-0.25, -0.2) is 9.78 Å². The first-order valence-corrected chi connectivity index (χ1v) is 10.3. The molecule has 10 heteroatoms. The number of carbonyl (C=O) groups is 2. The Morgan fingerprint density at radius 3 is 2.68 bits per heavy atom. The van der Waals surface area contributed by atoms with Crippen LogP contribution in [0.3, 0.4) is 0 Å². The highest BCUT2D eigenvalue weighted by Crippen LogP contribution is 2.24. The number of halogens is 1. The standard InChI is InChI=1S/C21H23ClN6O3/c1-13-12-26(2)7-8-27(13)18-9-17(25-19-16(21(30)31)11-24-28(18)19)20(29)23-10-14-3-5-15(22)6-4-14/h3-6,9,11,13H,7-8,10,12H2,1-2H3,(H,23,29)(H,30,31)/t13-/m1/s1. The van der Waals surface area contributed by atoms with Gasteiger partial charge in [0.25, 0.3) is 5.91 Å². The number of nitrogens with one attached hydrogen (secondary N) is 1. The second-order valence-corrected chi connectivity index (χ2v) is 8.15. The minimum atomic E-state index is -1.14. The molecule has 0 saturated carbocycles. The number of piperazine rings is 1. The number of nitrogens with zero attached hydrogens (tertiary/aromatic N) is 5. The summed E-state index contributed by atoms with van der Waals surface area (Å²) in [5.41, 5.74) is 1.14. The molecule has 2 aromatic heterocycles. The monoisotopic (exact) mass is 442 g/mol. The fourth-order valence-corrected chi connectivity index (χ4v) is 3.90. The molecule has 1 atom stereocenters. The molecule has 3 heterocycles. The average Bonchev–Trinajstić information content (AvgIpc) is 3.17. The maximum absolute atomic E-state index is 12.9. The van der Waals surface area contributed by atoms with Gasteiger partial charge in [-0.05, 0) is 31.7 Å². The molecule has 0 spiro atoms. The third kappa shape index (κ3) is 4.33. The summed E-state index contributed by atoms with van der Waals surface area (Å²) in [6.45, 7) is 4.80. The lowest BCUT2D eigenvalue weighted by atomic mass is 10.2. The summed E-state index contributed by atoms with van der Waals surface area (Å²) in [6.07, 6.45) is 1.27. The third-order valence-electron chi connectivity index (χ3n) is 5.41. The molecular formula is C21H23ClN6O3. The molecule has 1 amide bonds. The van der Waals surface area contributed by atoms with Crippen LogP contribution in [0, 0.1) is 0 Å². The van der Waals surface area contributed by atoms with E-state index in [4.69, 9.17) is 11.6 Å². The molecule has 0 aliphatic carbocycles. The SMILES string of the molecule is C[C@@H]1CN(C)CCN1c1cc(C(=O)NCc2ccc(Cl)cc2)nc2c(C(=O)O)cnn12. The summed E-state index contributed by atoms with van der Waals surface area (Å²) in [4.78, 5) is 33.2. The summed E-state index contributed by atoms with van der Waals surface area (Å²) >= 11 is 5.91. The summed E-state index contributed by atoms with van der Waals surface area (Å²) in [6, 6.07) is 9.00. The van der Waals surface area contributed by atoms with Gasteiger partial charge in [0.15, 0.2) is 5.65 Å². The van der Waals surface area contributed by atoms with Crippen LogP contribution in [0.2, 0.25) is 5.02 Å². The highest BCUT2D eigenvalue weighted by Gasteiger charge is 2.27. The lowest BCUT2D eigenvalue weighted by Gasteiger charge is -2.39. The smallest absolute Gasteiger partial charge is 0.341 e. The van der Waals surface area contributed by atoms with Gasteiger partial charge in [-0.3, -0.25) is 4.79 Å². The number of benzene rings is 1. The van der Waals surface area contributed by atoms with E-state index in [1.165, 1.54) is 10.7 Å². The fraction of sp³-hybridized carbons (Fsp3) is 0.333. The van der Waals surface area contributed by atoms with Crippen molar-refractivity contribution in [1.29, 1.82) is 0 Å². The fourth-order valence-electron chi connectivity index (χ4n) is 3.77. The zero-order valence-corrected chi connectivity index (χ0v) is 18.0. The number of aromatic nitrogens is 3. The molecule has 162 valence electrons. The van der Waals surface area contributed by atoms with Crippen LogP contribution in [0.5, 0.6) is 0 Å². The van der Waals surface area contributed by atoms with Gasteiger partial charge >= 0.3 is 5.97 Å². The quantitative estimate of drug-likeness (QED) is 0.624. The van der Waals surface area contributed by atoms with Crippen molar-refractivity contribution in [2.45, 2.75) is 19.5 Å². The Kier molecular flexibility index (Phi) is 5.79. The molecular weight excluding hydrogens is 420 g/mol. The molecule has 1 saturated heterocycles. The van der Waals surface area contributed by atoms with E-state index in [0.29, 0.717) is 17.4 Å². The van der Waals surface area contributed by atoms with Gasteiger partial charge < -0.3 is 20.2 Å². The van der Waals surface area contributed by atoms with Crippen LogP contribution in [-0.2, 0) is 6.54 Å². The topological polar surface area (TPSA) is 103 Å². The van der Waals surface area contributed by atoms with Gasteiger partial charge in [0.2, 0.25) is 0 Å². The lowest BCUT2D eigenvalue weighted by molar-refractivity contribution is 0.0698. The normalized spacial score (nSPS) is 17.1. The predicted molar refractivity (Wildman–Crippen MR) is 117 cm³/mol. The lowest BCUT2D eigenvalue weighted by Crippen LogP contribution is -2.51. The molecule has 31 heavy (non-hydrogen) atoms. The van der Waals surface area contributed by atoms with Crippen LogP contribution >= 0.6 is 11.6 Å². The molecule has 9 nitrogen and oxygen atoms in total. The van der Waals surface area contributed by atoms with Gasteiger partial charge in [0, 0.05) is 43.3 Å². The predicted octanol–water partition coefficient (Wildman–Crippen LogP) is 2.15. The Morgan fingerprint density at radius 2 is 2.00 bits per heavy atom. The zero-order chi connectivity index (χ0) is 22.1. The Morgan fingerprint density at radius 1 is 1.26 bits per heavy atom. The number of hydrogen-bond acceptors (Lipinski definition) is 6. The summed E-state index contributed by atoms with van der Waals surface area (Å²) < 4.78 is 1.50.